The van der Waals surface area contributed by atoms with Crippen LogP contribution in [0.5, 0.6) is 5.75 Å². The second-order valence-corrected chi connectivity index (χ2v) is 8.00. The van der Waals surface area contributed by atoms with E-state index >= 15 is 0 Å². The molecule has 0 radical (unpaired) electrons. The zero-order valence-corrected chi connectivity index (χ0v) is 18.0. The van der Waals surface area contributed by atoms with Gasteiger partial charge in [-0.05, 0) is 44.0 Å². The molecule has 1 aliphatic rings. The van der Waals surface area contributed by atoms with Crippen LogP contribution in [0.3, 0.4) is 0 Å². The lowest BCUT2D eigenvalue weighted by Gasteiger charge is -2.18. The Hall–Kier alpha value is -3.16. The van der Waals surface area contributed by atoms with Gasteiger partial charge in [0, 0.05) is 29.7 Å². The Morgan fingerprint density at radius 2 is 1.84 bits per heavy atom. The summed E-state index contributed by atoms with van der Waals surface area (Å²) in [5.41, 5.74) is 1.57. The zero-order chi connectivity index (χ0) is 21.6. The molecule has 7 nitrogen and oxygen atoms in total. The summed E-state index contributed by atoms with van der Waals surface area (Å²) in [4.78, 5) is 17.1. The van der Waals surface area contributed by atoms with Crippen molar-refractivity contribution < 1.29 is 9.13 Å². The first-order valence-corrected chi connectivity index (χ1v) is 10.9. The van der Waals surface area contributed by atoms with E-state index in [1.807, 2.05) is 25.3 Å². The molecule has 1 fully saturated rings. The van der Waals surface area contributed by atoms with Crippen LogP contribution in [0.2, 0.25) is 0 Å². The SMILES string of the molecule is COc1ccc(Nc2nc(NC3CCCCCC3)nc(C(C)c3ccc[nH]3)n2)cc1F. The highest BCUT2D eigenvalue weighted by Gasteiger charge is 2.19. The average Bonchev–Trinajstić information content (AvgIpc) is 3.18. The van der Waals surface area contributed by atoms with E-state index in [0.717, 1.165) is 18.5 Å². The Labute approximate surface area is 181 Å². The van der Waals surface area contributed by atoms with Crippen LogP contribution in [-0.2, 0) is 0 Å². The van der Waals surface area contributed by atoms with Crippen LogP contribution in [0.4, 0.5) is 22.0 Å². The fraction of sp³-hybridized carbons (Fsp3) is 0.435. The smallest absolute Gasteiger partial charge is 0.232 e. The van der Waals surface area contributed by atoms with Crippen LogP contribution >= 0.6 is 0 Å². The molecule has 2 aromatic heterocycles. The monoisotopic (exact) mass is 424 g/mol. The lowest BCUT2D eigenvalue weighted by Crippen LogP contribution is -2.21. The molecule has 1 atom stereocenters. The molecule has 2 heterocycles. The summed E-state index contributed by atoms with van der Waals surface area (Å²) in [6.45, 7) is 2.05. The molecule has 1 saturated carbocycles. The first kappa shape index (κ1) is 21.1. The van der Waals surface area contributed by atoms with E-state index in [9.17, 15) is 4.39 Å². The van der Waals surface area contributed by atoms with Crippen molar-refractivity contribution in [1.29, 1.82) is 0 Å². The van der Waals surface area contributed by atoms with Gasteiger partial charge < -0.3 is 20.4 Å². The molecule has 1 aromatic carbocycles. The summed E-state index contributed by atoms with van der Waals surface area (Å²) in [5, 5.41) is 6.63. The van der Waals surface area contributed by atoms with Gasteiger partial charge in [0.25, 0.3) is 0 Å². The maximum Gasteiger partial charge on any atom is 0.232 e. The molecule has 3 N–H and O–H groups in total. The van der Waals surface area contributed by atoms with Gasteiger partial charge in [0.2, 0.25) is 11.9 Å². The first-order chi connectivity index (χ1) is 15.1. The molecule has 0 amide bonds. The van der Waals surface area contributed by atoms with Crippen molar-refractivity contribution in [3.63, 3.8) is 0 Å². The van der Waals surface area contributed by atoms with E-state index in [2.05, 4.69) is 25.6 Å². The molecule has 0 saturated heterocycles. The van der Waals surface area contributed by atoms with Gasteiger partial charge in [0.15, 0.2) is 11.6 Å². The van der Waals surface area contributed by atoms with E-state index in [4.69, 9.17) is 9.72 Å². The Balaban J connectivity index is 1.62. The maximum absolute atomic E-state index is 14.1. The molecule has 3 aromatic rings. The van der Waals surface area contributed by atoms with Crippen molar-refractivity contribution in [1.82, 2.24) is 19.9 Å². The second-order valence-electron chi connectivity index (χ2n) is 8.00. The summed E-state index contributed by atoms with van der Waals surface area (Å²) in [6, 6.07) is 9.00. The predicted octanol–water partition coefficient (Wildman–Crippen LogP) is 5.38. The highest BCUT2D eigenvalue weighted by atomic mass is 19.1. The van der Waals surface area contributed by atoms with Gasteiger partial charge in [-0.3, -0.25) is 0 Å². The Kier molecular flexibility index (Phi) is 6.64. The van der Waals surface area contributed by atoms with Crippen molar-refractivity contribution in [2.24, 2.45) is 0 Å². The lowest BCUT2D eigenvalue weighted by atomic mass is 10.1. The molecule has 31 heavy (non-hydrogen) atoms. The molecule has 0 bridgehead atoms. The number of rotatable bonds is 7. The van der Waals surface area contributed by atoms with Crippen LogP contribution in [0, 0.1) is 5.82 Å². The van der Waals surface area contributed by atoms with Gasteiger partial charge in [-0.15, -0.1) is 0 Å². The predicted molar refractivity (Wildman–Crippen MR) is 119 cm³/mol. The number of nitrogens with one attached hydrogen (secondary N) is 3. The van der Waals surface area contributed by atoms with Crippen LogP contribution in [0.15, 0.2) is 36.5 Å². The standard InChI is InChI=1S/C23H29FN6O/c1-15(19-10-7-13-25-19)21-28-22(26-16-8-5-3-4-6-9-16)30-23(29-21)27-17-11-12-20(31-2)18(24)14-17/h7,10-16,25H,3-6,8-9H2,1-2H3,(H2,26,27,28,29,30). The molecule has 1 aliphatic carbocycles. The number of anilines is 3. The minimum Gasteiger partial charge on any atom is -0.494 e. The van der Waals surface area contributed by atoms with E-state index in [-0.39, 0.29) is 11.7 Å². The molecule has 0 spiro atoms. The van der Waals surface area contributed by atoms with Crippen LogP contribution in [-0.4, -0.2) is 33.1 Å². The zero-order valence-electron chi connectivity index (χ0n) is 18.0. The minimum atomic E-state index is -0.446. The van der Waals surface area contributed by atoms with Crippen molar-refractivity contribution >= 4 is 17.6 Å². The number of ether oxygens (including phenoxy) is 1. The average molecular weight is 425 g/mol. The van der Waals surface area contributed by atoms with Crippen LogP contribution in [0.1, 0.15) is 62.9 Å². The first-order valence-electron chi connectivity index (χ1n) is 10.9. The number of hydrogen-bond acceptors (Lipinski definition) is 6. The van der Waals surface area contributed by atoms with E-state index < -0.39 is 5.82 Å². The van der Waals surface area contributed by atoms with Crippen molar-refractivity contribution in [3.05, 3.63) is 53.9 Å². The Morgan fingerprint density at radius 1 is 1.06 bits per heavy atom. The highest BCUT2D eigenvalue weighted by Crippen LogP contribution is 2.26. The molecule has 4 rings (SSSR count). The van der Waals surface area contributed by atoms with Crippen LogP contribution < -0.4 is 15.4 Å². The largest absolute Gasteiger partial charge is 0.494 e. The third-order valence-electron chi connectivity index (χ3n) is 5.72. The van der Waals surface area contributed by atoms with Gasteiger partial charge in [-0.1, -0.05) is 25.7 Å². The Bertz CT molecular complexity index is 986. The van der Waals surface area contributed by atoms with Crippen molar-refractivity contribution in [3.8, 4) is 5.75 Å². The molecule has 164 valence electrons. The van der Waals surface area contributed by atoms with Crippen molar-refractivity contribution in [2.75, 3.05) is 17.7 Å². The number of halogens is 1. The summed E-state index contributed by atoms with van der Waals surface area (Å²) >= 11 is 0. The number of benzene rings is 1. The Morgan fingerprint density at radius 3 is 2.52 bits per heavy atom. The third kappa shape index (κ3) is 5.31. The van der Waals surface area contributed by atoms with Crippen molar-refractivity contribution in [2.45, 2.75) is 57.4 Å². The summed E-state index contributed by atoms with van der Waals surface area (Å²) in [7, 11) is 1.44. The quantitative estimate of drug-likeness (QED) is 0.442. The molecule has 0 aliphatic heterocycles. The maximum atomic E-state index is 14.1. The third-order valence-corrected chi connectivity index (χ3v) is 5.72. The summed E-state index contributed by atoms with van der Waals surface area (Å²) < 4.78 is 19.1. The summed E-state index contributed by atoms with van der Waals surface area (Å²) in [5.74, 6) is 1.28. The second kappa shape index (κ2) is 9.76. The topological polar surface area (TPSA) is 87.8 Å². The molecule has 1 unspecified atom stereocenters. The van der Waals surface area contributed by atoms with Gasteiger partial charge in [-0.25, -0.2) is 4.39 Å². The highest BCUT2D eigenvalue weighted by molar-refractivity contribution is 5.56. The number of H-pyrrole nitrogens is 1. The normalized spacial score (nSPS) is 15.8. The van der Waals surface area contributed by atoms with Crippen LogP contribution in [0.25, 0.3) is 0 Å². The van der Waals surface area contributed by atoms with Gasteiger partial charge in [0.05, 0.1) is 13.0 Å². The fourth-order valence-corrected chi connectivity index (χ4v) is 3.94. The molecular formula is C23H29FN6O. The molecule has 8 heteroatoms. The van der Waals surface area contributed by atoms with E-state index in [1.165, 1.54) is 38.9 Å². The number of aromatic amines is 1. The number of nitrogens with zero attached hydrogens (tertiary/aromatic N) is 3. The van der Waals surface area contributed by atoms with E-state index in [1.54, 1.807) is 12.1 Å². The van der Waals surface area contributed by atoms with Gasteiger partial charge in [0.1, 0.15) is 5.82 Å². The van der Waals surface area contributed by atoms with Gasteiger partial charge in [-0.2, -0.15) is 15.0 Å². The summed E-state index contributed by atoms with van der Waals surface area (Å²) in [6.07, 6.45) is 9.09. The minimum absolute atomic E-state index is 0.0409. The fourth-order valence-electron chi connectivity index (χ4n) is 3.94. The molecular weight excluding hydrogens is 395 g/mol. The number of methoxy groups -OCH3 is 1. The van der Waals surface area contributed by atoms with Gasteiger partial charge >= 0.3 is 0 Å². The number of aromatic nitrogens is 4. The number of hydrogen-bond donors (Lipinski definition) is 3. The van der Waals surface area contributed by atoms with E-state index in [0.29, 0.717) is 29.5 Å². The lowest BCUT2D eigenvalue weighted by molar-refractivity contribution is 0.386.